The predicted octanol–water partition coefficient (Wildman–Crippen LogP) is 6.70. The molecule has 1 aromatic heterocycles. The third kappa shape index (κ3) is 5.48. The van der Waals surface area contributed by atoms with E-state index in [1.165, 1.54) is 12.1 Å². The van der Waals surface area contributed by atoms with Gasteiger partial charge in [0.2, 0.25) is 26.6 Å². The number of nitrogens with zero attached hydrogens (tertiary/aromatic N) is 1. The predicted molar refractivity (Wildman–Crippen MR) is 147 cm³/mol. The van der Waals surface area contributed by atoms with Crippen molar-refractivity contribution in [3.8, 4) is 5.75 Å². The molecule has 0 radical (unpaired) electrons. The van der Waals surface area contributed by atoms with Crippen molar-refractivity contribution in [1.82, 2.24) is 4.98 Å². The number of aromatic nitrogens is 1. The average molecular weight is 525 g/mol. The third-order valence-corrected chi connectivity index (χ3v) is 7.80. The zero-order valence-electron chi connectivity index (χ0n) is 20.9. The van der Waals surface area contributed by atoms with E-state index >= 15 is 0 Å². The van der Waals surface area contributed by atoms with Crippen LogP contribution < -0.4 is 10.1 Å². The van der Waals surface area contributed by atoms with Crippen molar-refractivity contribution in [2.75, 3.05) is 11.9 Å². The van der Waals surface area contributed by atoms with E-state index in [9.17, 15) is 8.42 Å². The van der Waals surface area contributed by atoms with Gasteiger partial charge in [-0.05, 0) is 47.9 Å². The molecule has 0 aliphatic rings. The Labute approximate surface area is 222 Å². The van der Waals surface area contributed by atoms with E-state index < -0.39 is 9.84 Å². The molecule has 0 unspecified atom stereocenters. The number of hydrogen-bond donors (Lipinski definition) is 1. The summed E-state index contributed by atoms with van der Waals surface area (Å²) in [6, 6.07) is 35.7. The molecule has 1 heterocycles. The minimum Gasteiger partial charge on any atom is -0.494 e. The fourth-order valence-electron chi connectivity index (χ4n) is 4.28. The van der Waals surface area contributed by atoms with Crippen molar-refractivity contribution in [1.29, 1.82) is 0 Å². The summed E-state index contributed by atoms with van der Waals surface area (Å²) in [7, 11) is -4.01. The Hall–Kier alpha value is -4.36. The van der Waals surface area contributed by atoms with Gasteiger partial charge in [-0.3, -0.25) is 0 Å². The van der Waals surface area contributed by atoms with Crippen LogP contribution in [0.1, 0.15) is 35.4 Å². The normalized spacial score (nSPS) is 11.4. The summed E-state index contributed by atoms with van der Waals surface area (Å²) in [5.74, 6) is 0.610. The molecule has 6 nitrogen and oxygen atoms in total. The Morgan fingerprint density at radius 2 is 1.34 bits per heavy atom. The van der Waals surface area contributed by atoms with Crippen molar-refractivity contribution < 1.29 is 17.6 Å². The smallest absolute Gasteiger partial charge is 0.233 e. The van der Waals surface area contributed by atoms with Crippen LogP contribution in [0.3, 0.4) is 0 Å². The van der Waals surface area contributed by atoms with Crippen LogP contribution in [0.15, 0.2) is 130 Å². The van der Waals surface area contributed by atoms with Crippen molar-refractivity contribution in [3.05, 3.63) is 138 Å². The van der Waals surface area contributed by atoms with Crippen molar-refractivity contribution in [2.45, 2.75) is 29.3 Å². The molecule has 1 N–H and O–H groups in total. The topological polar surface area (TPSA) is 81.4 Å². The molecular weight excluding hydrogens is 496 g/mol. The van der Waals surface area contributed by atoms with Gasteiger partial charge in [0.05, 0.1) is 17.4 Å². The summed E-state index contributed by atoms with van der Waals surface area (Å²) in [4.78, 5) is 4.74. The van der Waals surface area contributed by atoms with Crippen molar-refractivity contribution >= 4 is 15.7 Å². The molecule has 5 rings (SSSR count). The molecule has 0 saturated heterocycles. The fourth-order valence-corrected chi connectivity index (χ4v) is 5.57. The highest BCUT2D eigenvalue weighted by Gasteiger charge is 2.31. The highest BCUT2D eigenvalue weighted by molar-refractivity contribution is 7.91. The second-order valence-electron chi connectivity index (χ2n) is 8.69. The lowest BCUT2D eigenvalue weighted by Gasteiger charge is -2.14. The third-order valence-electron chi connectivity index (χ3n) is 6.12. The standard InChI is InChI=1S/C31H28N2O4S/c1-2-36-26-18-20-27(21-19-26)38(34,35)31-30(32-22-23-12-6-3-7-13-23)37-29(33-31)28(24-14-8-4-9-15-24)25-16-10-5-11-17-25/h3-21,28,32H,2,22H2,1H3. The lowest BCUT2D eigenvalue weighted by atomic mass is 9.91. The van der Waals surface area contributed by atoms with E-state index in [1.807, 2.05) is 97.9 Å². The number of oxazole rings is 1. The monoisotopic (exact) mass is 524 g/mol. The van der Waals surface area contributed by atoms with E-state index in [2.05, 4.69) is 10.3 Å². The second kappa shape index (κ2) is 11.4. The average Bonchev–Trinajstić information content (AvgIpc) is 3.39. The van der Waals surface area contributed by atoms with E-state index in [0.29, 0.717) is 24.8 Å². The number of anilines is 1. The molecule has 0 amide bonds. The maximum absolute atomic E-state index is 13.8. The van der Waals surface area contributed by atoms with Crippen molar-refractivity contribution in [3.63, 3.8) is 0 Å². The van der Waals surface area contributed by atoms with Crippen LogP contribution in [0.25, 0.3) is 0 Å². The SMILES string of the molecule is CCOc1ccc(S(=O)(=O)c2nc(C(c3ccccc3)c3ccccc3)oc2NCc2ccccc2)cc1. The summed E-state index contributed by atoms with van der Waals surface area (Å²) in [6.45, 7) is 2.75. The molecule has 0 fully saturated rings. The zero-order valence-corrected chi connectivity index (χ0v) is 21.8. The first-order chi connectivity index (χ1) is 18.6. The van der Waals surface area contributed by atoms with Crippen molar-refractivity contribution in [2.24, 2.45) is 0 Å². The Kier molecular flexibility index (Phi) is 7.56. The molecule has 4 aromatic carbocycles. The molecule has 0 aliphatic carbocycles. The lowest BCUT2D eigenvalue weighted by molar-refractivity contribution is 0.340. The number of hydrogen-bond acceptors (Lipinski definition) is 6. The number of rotatable bonds is 10. The maximum atomic E-state index is 13.8. The molecule has 0 atom stereocenters. The van der Waals surface area contributed by atoms with E-state index in [0.717, 1.165) is 16.7 Å². The molecule has 0 saturated carbocycles. The van der Waals surface area contributed by atoms with Gasteiger partial charge in [0.15, 0.2) is 0 Å². The van der Waals surface area contributed by atoms with E-state index in [-0.39, 0.29) is 21.7 Å². The molecular formula is C31H28N2O4S. The van der Waals surface area contributed by atoms with Gasteiger partial charge >= 0.3 is 0 Å². The van der Waals surface area contributed by atoms with Gasteiger partial charge < -0.3 is 14.5 Å². The summed E-state index contributed by atoms with van der Waals surface area (Å²) in [6.07, 6.45) is 0. The van der Waals surface area contributed by atoms with Gasteiger partial charge in [-0.2, -0.15) is 4.98 Å². The van der Waals surface area contributed by atoms with Crippen LogP contribution in [-0.4, -0.2) is 20.0 Å². The maximum Gasteiger partial charge on any atom is 0.233 e. The number of sulfone groups is 1. The molecule has 38 heavy (non-hydrogen) atoms. The highest BCUT2D eigenvalue weighted by atomic mass is 32.2. The number of benzene rings is 4. The first-order valence-corrected chi connectivity index (χ1v) is 13.9. The summed E-state index contributed by atoms with van der Waals surface area (Å²) in [5.41, 5.74) is 2.87. The quantitative estimate of drug-likeness (QED) is 0.219. The van der Waals surface area contributed by atoms with Crippen LogP contribution in [0.4, 0.5) is 5.88 Å². The molecule has 5 aromatic rings. The Morgan fingerprint density at radius 1 is 0.789 bits per heavy atom. The first kappa shape index (κ1) is 25.3. The molecule has 0 aliphatic heterocycles. The van der Waals surface area contributed by atoms with Gasteiger partial charge in [0.1, 0.15) is 5.75 Å². The zero-order chi connectivity index (χ0) is 26.4. The first-order valence-electron chi connectivity index (χ1n) is 12.4. The van der Waals surface area contributed by atoms with Crippen LogP contribution in [0.2, 0.25) is 0 Å². The fraction of sp³-hybridized carbons (Fsp3) is 0.129. The Morgan fingerprint density at radius 3 is 1.89 bits per heavy atom. The molecule has 0 spiro atoms. The molecule has 192 valence electrons. The largest absolute Gasteiger partial charge is 0.494 e. The Bertz CT molecular complexity index is 1530. The summed E-state index contributed by atoms with van der Waals surface area (Å²) in [5, 5.41) is 3.03. The van der Waals surface area contributed by atoms with Crippen LogP contribution in [-0.2, 0) is 16.4 Å². The minimum absolute atomic E-state index is 0.106. The number of ether oxygens (including phenoxy) is 1. The molecule has 7 heteroatoms. The van der Waals surface area contributed by atoms with Gasteiger partial charge in [-0.1, -0.05) is 91.0 Å². The van der Waals surface area contributed by atoms with Gasteiger partial charge in [0, 0.05) is 6.54 Å². The second-order valence-corrected chi connectivity index (χ2v) is 10.6. The number of nitrogens with one attached hydrogen (secondary N) is 1. The molecule has 0 bridgehead atoms. The van der Waals surface area contributed by atoms with Gasteiger partial charge in [0.25, 0.3) is 0 Å². The summed E-state index contributed by atoms with van der Waals surface area (Å²) < 4.78 is 39.4. The van der Waals surface area contributed by atoms with Crippen LogP contribution in [0, 0.1) is 0 Å². The van der Waals surface area contributed by atoms with Gasteiger partial charge in [-0.15, -0.1) is 0 Å². The minimum atomic E-state index is -4.01. The Balaban J connectivity index is 1.61. The summed E-state index contributed by atoms with van der Waals surface area (Å²) >= 11 is 0. The van der Waals surface area contributed by atoms with Gasteiger partial charge in [-0.25, -0.2) is 8.42 Å². The van der Waals surface area contributed by atoms with Crippen LogP contribution in [0.5, 0.6) is 5.75 Å². The van der Waals surface area contributed by atoms with Crippen LogP contribution >= 0.6 is 0 Å². The highest BCUT2D eigenvalue weighted by Crippen LogP contribution is 2.37. The van der Waals surface area contributed by atoms with E-state index in [4.69, 9.17) is 9.15 Å². The lowest BCUT2D eigenvalue weighted by Crippen LogP contribution is -2.08. The van der Waals surface area contributed by atoms with E-state index in [1.54, 1.807) is 12.1 Å².